The Morgan fingerprint density at radius 2 is 1.90 bits per heavy atom. The van der Waals surface area contributed by atoms with Crippen LogP contribution in [0.2, 0.25) is 5.15 Å². The van der Waals surface area contributed by atoms with Crippen LogP contribution in [-0.2, 0) is 4.74 Å². The van der Waals surface area contributed by atoms with Crippen molar-refractivity contribution in [3.63, 3.8) is 0 Å². The molecule has 1 aliphatic carbocycles. The zero-order valence-corrected chi connectivity index (χ0v) is 30.5. The van der Waals surface area contributed by atoms with Crippen LogP contribution in [0.5, 0.6) is 5.88 Å². The molecule has 0 radical (unpaired) electrons. The van der Waals surface area contributed by atoms with Crippen LogP contribution in [0.3, 0.4) is 0 Å². The summed E-state index contributed by atoms with van der Waals surface area (Å²) in [6, 6.07) is 10.3. The van der Waals surface area contributed by atoms with Crippen LogP contribution in [0, 0.1) is 11.8 Å². The van der Waals surface area contributed by atoms with Gasteiger partial charge < -0.3 is 19.7 Å². The lowest BCUT2D eigenvalue weighted by molar-refractivity contribution is 0.0130. The number of likely N-dealkylation sites (tertiary alicyclic amines) is 1. The fourth-order valence-corrected chi connectivity index (χ4v) is 7.26. The number of pyridine rings is 2. The maximum absolute atomic E-state index is 15.1. The molecule has 5 rings (SSSR count). The molecule has 2 aliphatic rings. The molecule has 0 spiro atoms. The van der Waals surface area contributed by atoms with Crippen LogP contribution in [0.25, 0.3) is 5.82 Å². The zero-order valence-electron chi connectivity index (χ0n) is 28.9. The molecular weight excluding hydrogens is 669 g/mol. The first kappa shape index (κ1) is 36.7. The average Bonchev–Trinajstić information content (AvgIpc) is 3.79. The lowest BCUT2D eigenvalue weighted by Crippen LogP contribution is -2.45. The summed E-state index contributed by atoms with van der Waals surface area (Å²) in [6.07, 6.45) is 7.44. The van der Waals surface area contributed by atoms with Gasteiger partial charge in [0, 0.05) is 42.8 Å². The van der Waals surface area contributed by atoms with Gasteiger partial charge in [-0.25, -0.2) is 23.8 Å². The van der Waals surface area contributed by atoms with E-state index < -0.39 is 23.2 Å². The highest BCUT2D eigenvalue weighted by molar-refractivity contribution is 7.97. The molecule has 3 aromatic rings. The molecule has 49 heavy (non-hydrogen) atoms. The number of alkyl halides is 1. The van der Waals surface area contributed by atoms with Crippen LogP contribution >= 0.6 is 23.5 Å². The highest BCUT2D eigenvalue weighted by Gasteiger charge is 2.43. The maximum atomic E-state index is 15.1. The van der Waals surface area contributed by atoms with E-state index in [0.717, 1.165) is 24.3 Å². The fraction of sp³-hybridized carbons (Fsp3) is 0.571. The van der Waals surface area contributed by atoms with Gasteiger partial charge in [-0.15, -0.1) is 5.10 Å². The number of anilines is 1. The Bertz CT molecular complexity index is 1590. The first-order valence-corrected chi connectivity index (χ1v) is 18.1. The highest BCUT2D eigenvalue weighted by Crippen LogP contribution is 2.36. The molecule has 2 atom stereocenters. The molecule has 0 bridgehead atoms. The number of aromatic nitrogens is 4. The average molecular weight is 716 g/mol. The van der Waals surface area contributed by atoms with E-state index in [1.807, 2.05) is 34.6 Å². The van der Waals surface area contributed by atoms with Gasteiger partial charge in [0.15, 0.2) is 5.82 Å². The van der Waals surface area contributed by atoms with E-state index >= 15 is 4.39 Å². The molecule has 1 aliphatic heterocycles. The normalized spacial score (nSPS) is 18.3. The van der Waals surface area contributed by atoms with Crippen LogP contribution in [0.1, 0.15) is 89.9 Å². The van der Waals surface area contributed by atoms with Crippen molar-refractivity contribution in [1.29, 1.82) is 0 Å². The van der Waals surface area contributed by atoms with Crippen molar-refractivity contribution >= 4 is 41.4 Å². The lowest BCUT2D eigenvalue weighted by Gasteiger charge is -2.33. The van der Waals surface area contributed by atoms with Crippen LogP contribution < -0.4 is 14.8 Å². The van der Waals surface area contributed by atoms with E-state index in [1.54, 1.807) is 52.2 Å². The standard InChI is InChI=1S/C35H47ClFN7O4S/c1-34(2,3)48-33(46)43-22-24(20-35(43,4)5)19-25(37)21-38-27-11-8-12-30(39-27)49-42-32(45)26-13-14-28(40-31(26)36)44-17-15-29(41-44)47-18-16-23-9-6-7-10-23/h8,11-15,17,23-25H,6-7,9-10,16,18-22H2,1-5H3,(H,38,39)(H,42,45). The third-order valence-electron chi connectivity index (χ3n) is 8.77. The van der Waals surface area contributed by atoms with Gasteiger partial charge in [-0.05, 0) is 90.0 Å². The second kappa shape index (κ2) is 16.0. The van der Waals surface area contributed by atoms with Gasteiger partial charge in [0.05, 0.1) is 12.2 Å². The van der Waals surface area contributed by atoms with E-state index in [4.69, 9.17) is 21.1 Å². The second-order valence-corrected chi connectivity index (χ2v) is 15.7. The molecule has 0 aromatic carbocycles. The number of halogens is 2. The quantitative estimate of drug-likeness (QED) is 0.134. The molecule has 2 N–H and O–H groups in total. The molecule has 1 saturated heterocycles. The summed E-state index contributed by atoms with van der Waals surface area (Å²) in [5, 5.41) is 8.03. The monoisotopic (exact) mass is 715 g/mol. The van der Waals surface area contributed by atoms with Gasteiger partial charge in [-0.1, -0.05) is 43.4 Å². The largest absolute Gasteiger partial charge is 0.477 e. The number of hydrogen-bond acceptors (Lipinski definition) is 9. The van der Waals surface area contributed by atoms with Gasteiger partial charge in [-0.3, -0.25) is 9.52 Å². The minimum Gasteiger partial charge on any atom is -0.477 e. The van der Waals surface area contributed by atoms with Gasteiger partial charge >= 0.3 is 6.09 Å². The van der Waals surface area contributed by atoms with Crippen molar-refractivity contribution in [2.45, 2.75) is 102 Å². The molecule has 11 nitrogen and oxygen atoms in total. The number of nitrogens with zero attached hydrogens (tertiary/aromatic N) is 5. The van der Waals surface area contributed by atoms with Crippen molar-refractivity contribution in [1.82, 2.24) is 29.4 Å². The molecule has 14 heteroatoms. The highest BCUT2D eigenvalue weighted by atomic mass is 35.5. The first-order chi connectivity index (χ1) is 23.3. The van der Waals surface area contributed by atoms with E-state index in [0.29, 0.717) is 48.5 Å². The molecule has 266 valence electrons. The van der Waals surface area contributed by atoms with Crippen LogP contribution in [-0.4, -0.2) is 73.7 Å². The van der Waals surface area contributed by atoms with Crippen molar-refractivity contribution in [2.75, 3.05) is 25.0 Å². The summed E-state index contributed by atoms with van der Waals surface area (Å²) < 4.78 is 30.8. The molecule has 2 unspecified atom stereocenters. The summed E-state index contributed by atoms with van der Waals surface area (Å²) in [7, 11) is 0. The summed E-state index contributed by atoms with van der Waals surface area (Å²) in [5.74, 6) is 1.78. The van der Waals surface area contributed by atoms with Gasteiger partial charge in [0.2, 0.25) is 5.88 Å². The molecule has 4 heterocycles. The molecular formula is C35H47ClFN7O4S. The Hall–Kier alpha value is -3.58. The molecule has 2 fully saturated rings. The first-order valence-electron chi connectivity index (χ1n) is 16.9. The molecule has 1 saturated carbocycles. The van der Waals surface area contributed by atoms with Crippen molar-refractivity contribution in [2.24, 2.45) is 11.8 Å². The maximum Gasteiger partial charge on any atom is 0.410 e. The van der Waals surface area contributed by atoms with Gasteiger partial charge in [-0.2, -0.15) is 0 Å². The summed E-state index contributed by atoms with van der Waals surface area (Å²) >= 11 is 7.42. The molecule has 2 amide bonds. The SMILES string of the molecule is CC(C)(C)OC(=O)N1CC(CC(F)CNc2cccc(SNC(=O)c3ccc(-n4ccc(OCCC5CCCC5)n4)nc3Cl)n2)CC1(C)C. The lowest BCUT2D eigenvalue weighted by atomic mass is 9.93. The number of ether oxygens (including phenoxy) is 2. The number of nitrogens with one attached hydrogen (secondary N) is 2. The van der Waals surface area contributed by atoms with E-state index in [9.17, 15) is 9.59 Å². The number of rotatable bonds is 13. The number of carbonyl (C=O) groups excluding carboxylic acids is 2. The summed E-state index contributed by atoms with van der Waals surface area (Å²) in [4.78, 5) is 36.2. The van der Waals surface area contributed by atoms with Gasteiger partial charge in [0.1, 0.15) is 27.8 Å². The summed E-state index contributed by atoms with van der Waals surface area (Å²) in [6.45, 7) is 10.6. The Labute approximate surface area is 297 Å². The minimum absolute atomic E-state index is 0.0155. The van der Waals surface area contributed by atoms with E-state index in [2.05, 4.69) is 25.1 Å². The number of carbonyl (C=O) groups is 2. The second-order valence-electron chi connectivity index (χ2n) is 14.5. The van der Waals surface area contributed by atoms with Gasteiger partial charge in [0.25, 0.3) is 5.91 Å². The Morgan fingerprint density at radius 3 is 2.63 bits per heavy atom. The summed E-state index contributed by atoms with van der Waals surface area (Å²) in [5.41, 5.74) is -0.799. The van der Waals surface area contributed by atoms with E-state index in [-0.39, 0.29) is 29.3 Å². The zero-order chi connectivity index (χ0) is 35.2. The van der Waals surface area contributed by atoms with Crippen molar-refractivity contribution in [3.8, 4) is 11.7 Å². The Balaban J connectivity index is 1.07. The Kier molecular flexibility index (Phi) is 12.0. The molecule has 3 aromatic heterocycles. The topological polar surface area (TPSA) is 124 Å². The van der Waals surface area contributed by atoms with Crippen molar-refractivity contribution < 1.29 is 23.5 Å². The Morgan fingerprint density at radius 1 is 1.12 bits per heavy atom. The smallest absolute Gasteiger partial charge is 0.410 e. The number of amides is 2. The van der Waals surface area contributed by atoms with E-state index in [1.165, 1.54) is 25.7 Å². The third-order valence-corrected chi connectivity index (χ3v) is 9.78. The van der Waals surface area contributed by atoms with Crippen molar-refractivity contribution in [3.05, 3.63) is 53.3 Å². The van der Waals surface area contributed by atoms with Crippen LogP contribution in [0.4, 0.5) is 15.0 Å². The minimum atomic E-state index is -1.14. The number of hydrogen-bond donors (Lipinski definition) is 2. The predicted molar refractivity (Wildman–Crippen MR) is 189 cm³/mol. The van der Waals surface area contributed by atoms with Crippen LogP contribution in [0.15, 0.2) is 47.6 Å². The fourth-order valence-electron chi connectivity index (χ4n) is 6.43. The predicted octanol–water partition coefficient (Wildman–Crippen LogP) is 7.89. The third kappa shape index (κ3) is 10.5.